The third kappa shape index (κ3) is 4.22. The van der Waals surface area contributed by atoms with E-state index in [4.69, 9.17) is 4.74 Å². The largest absolute Gasteiger partial charge is 0.385 e. The van der Waals surface area contributed by atoms with Gasteiger partial charge < -0.3 is 9.64 Å². The minimum atomic E-state index is -3.30. The van der Waals surface area contributed by atoms with E-state index in [-0.39, 0.29) is 5.91 Å². The lowest BCUT2D eigenvalue weighted by atomic mass is 9.96. The van der Waals surface area contributed by atoms with Crippen molar-refractivity contribution in [3.8, 4) is 0 Å². The highest BCUT2D eigenvalue weighted by Gasteiger charge is 2.41. The fraction of sp³-hybridized carbons (Fsp3) is 0.909. The van der Waals surface area contributed by atoms with Gasteiger partial charge in [0.05, 0.1) is 11.8 Å². The van der Waals surface area contributed by atoms with E-state index in [1.54, 1.807) is 12.0 Å². The second kappa shape index (κ2) is 5.99. The molecule has 106 valence electrons. The molecule has 1 saturated heterocycles. The third-order valence-corrected chi connectivity index (χ3v) is 4.00. The van der Waals surface area contributed by atoms with Crippen LogP contribution < -0.4 is 4.72 Å². The lowest BCUT2D eigenvalue weighted by molar-refractivity contribution is -0.130. The average molecular weight is 278 g/mol. The Morgan fingerprint density at radius 3 is 2.67 bits per heavy atom. The first-order chi connectivity index (χ1) is 8.32. The molecule has 1 atom stereocenters. The number of sulfonamides is 1. The molecule has 7 heteroatoms. The standard InChI is InChI=1S/C11H22N2O4S/c1-4-10(14)13-7-5-11(9-13,6-8-17-2)12-18(3,15)16/h12H,4-9H2,1-3H3. The molecule has 1 unspecified atom stereocenters. The minimum absolute atomic E-state index is 0.0598. The molecule has 0 aromatic rings. The second-order valence-electron chi connectivity index (χ2n) is 4.82. The quantitative estimate of drug-likeness (QED) is 0.739. The Labute approximate surface area is 109 Å². The Bertz CT molecular complexity index is 396. The lowest BCUT2D eigenvalue weighted by Crippen LogP contribution is -2.51. The first-order valence-electron chi connectivity index (χ1n) is 6.07. The first kappa shape index (κ1) is 15.4. The van der Waals surface area contributed by atoms with Gasteiger partial charge in [-0.3, -0.25) is 4.79 Å². The van der Waals surface area contributed by atoms with Crippen LogP contribution in [0.3, 0.4) is 0 Å². The van der Waals surface area contributed by atoms with E-state index >= 15 is 0 Å². The first-order valence-corrected chi connectivity index (χ1v) is 7.97. The van der Waals surface area contributed by atoms with E-state index in [0.717, 1.165) is 6.26 Å². The maximum atomic E-state index is 11.7. The summed E-state index contributed by atoms with van der Waals surface area (Å²) in [6, 6.07) is 0. The number of nitrogens with zero attached hydrogens (tertiary/aromatic N) is 1. The van der Waals surface area contributed by atoms with Crippen LogP contribution in [-0.4, -0.2) is 57.8 Å². The second-order valence-corrected chi connectivity index (χ2v) is 6.56. The van der Waals surface area contributed by atoms with Crippen molar-refractivity contribution < 1.29 is 17.9 Å². The van der Waals surface area contributed by atoms with Crippen LogP contribution in [0.1, 0.15) is 26.2 Å². The predicted molar refractivity (Wildman–Crippen MR) is 68.7 cm³/mol. The zero-order valence-electron chi connectivity index (χ0n) is 11.2. The Balaban J connectivity index is 2.78. The third-order valence-electron chi connectivity index (χ3n) is 3.20. The van der Waals surface area contributed by atoms with Gasteiger partial charge in [-0.1, -0.05) is 6.92 Å². The van der Waals surface area contributed by atoms with Crippen LogP contribution in [-0.2, 0) is 19.6 Å². The van der Waals surface area contributed by atoms with Crippen LogP contribution in [0, 0.1) is 0 Å². The molecule has 1 heterocycles. The van der Waals surface area contributed by atoms with Gasteiger partial charge in [0.15, 0.2) is 0 Å². The molecule has 0 aromatic carbocycles. The van der Waals surface area contributed by atoms with Crippen LogP contribution >= 0.6 is 0 Å². The molecular formula is C11H22N2O4S. The van der Waals surface area contributed by atoms with Crippen molar-refractivity contribution in [2.24, 2.45) is 0 Å². The Hall–Kier alpha value is -0.660. The highest BCUT2D eigenvalue weighted by Crippen LogP contribution is 2.26. The van der Waals surface area contributed by atoms with Crippen LogP contribution in [0.2, 0.25) is 0 Å². The van der Waals surface area contributed by atoms with Crippen molar-refractivity contribution >= 4 is 15.9 Å². The van der Waals surface area contributed by atoms with Gasteiger partial charge in [-0.25, -0.2) is 13.1 Å². The maximum Gasteiger partial charge on any atom is 0.222 e. The van der Waals surface area contributed by atoms with Gasteiger partial charge in [-0.05, 0) is 12.8 Å². The number of rotatable bonds is 6. The van der Waals surface area contributed by atoms with Crippen molar-refractivity contribution in [2.75, 3.05) is 33.1 Å². The molecule has 1 N–H and O–H groups in total. The molecule has 0 aliphatic carbocycles. The molecule has 1 rings (SSSR count). The summed E-state index contributed by atoms with van der Waals surface area (Å²) in [6.45, 7) is 3.30. The molecule has 6 nitrogen and oxygen atoms in total. The predicted octanol–water partition coefficient (Wildman–Crippen LogP) is -0.0468. The summed E-state index contributed by atoms with van der Waals surface area (Å²) in [6.07, 6.45) is 2.80. The van der Waals surface area contributed by atoms with E-state index in [2.05, 4.69) is 4.72 Å². The molecule has 1 aliphatic rings. The van der Waals surface area contributed by atoms with Crippen LogP contribution in [0.4, 0.5) is 0 Å². The number of carbonyl (C=O) groups excluding carboxylic acids is 1. The molecule has 18 heavy (non-hydrogen) atoms. The van der Waals surface area contributed by atoms with Gasteiger partial charge >= 0.3 is 0 Å². The average Bonchev–Trinajstić information content (AvgIpc) is 2.67. The molecule has 0 radical (unpaired) electrons. The van der Waals surface area contributed by atoms with Crippen molar-refractivity contribution in [3.63, 3.8) is 0 Å². The molecule has 1 amide bonds. The molecular weight excluding hydrogens is 256 g/mol. The summed E-state index contributed by atoms with van der Waals surface area (Å²) >= 11 is 0. The smallest absolute Gasteiger partial charge is 0.222 e. The maximum absolute atomic E-state index is 11.7. The van der Waals surface area contributed by atoms with E-state index in [9.17, 15) is 13.2 Å². The number of likely N-dealkylation sites (tertiary alicyclic amines) is 1. The summed E-state index contributed by atoms with van der Waals surface area (Å²) in [5.74, 6) is 0.0598. The number of methoxy groups -OCH3 is 1. The van der Waals surface area contributed by atoms with E-state index in [1.807, 2.05) is 6.92 Å². The van der Waals surface area contributed by atoms with E-state index in [0.29, 0.717) is 39.0 Å². The fourth-order valence-electron chi connectivity index (χ4n) is 2.34. The van der Waals surface area contributed by atoms with Crippen molar-refractivity contribution in [1.29, 1.82) is 0 Å². The SMILES string of the molecule is CCC(=O)N1CCC(CCOC)(NS(C)(=O)=O)C1. The monoisotopic (exact) mass is 278 g/mol. The van der Waals surface area contributed by atoms with Gasteiger partial charge in [0, 0.05) is 33.2 Å². The van der Waals surface area contributed by atoms with Crippen molar-refractivity contribution in [3.05, 3.63) is 0 Å². The van der Waals surface area contributed by atoms with Crippen molar-refractivity contribution in [2.45, 2.75) is 31.7 Å². The summed E-state index contributed by atoms with van der Waals surface area (Å²) in [4.78, 5) is 13.4. The fourth-order valence-corrected chi connectivity index (χ4v) is 3.39. The number of hydrogen-bond donors (Lipinski definition) is 1. The molecule has 1 aliphatic heterocycles. The number of hydrogen-bond acceptors (Lipinski definition) is 4. The van der Waals surface area contributed by atoms with Crippen molar-refractivity contribution in [1.82, 2.24) is 9.62 Å². The summed E-state index contributed by atoms with van der Waals surface area (Å²) in [5.41, 5.74) is -0.575. The number of carbonyl (C=O) groups is 1. The molecule has 0 bridgehead atoms. The Morgan fingerprint density at radius 2 is 2.17 bits per heavy atom. The van der Waals surface area contributed by atoms with Crippen LogP contribution in [0.15, 0.2) is 0 Å². The number of ether oxygens (including phenoxy) is 1. The zero-order valence-corrected chi connectivity index (χ0v) is 12.0. The number of amides is 1. The van der Waals surface area contributed by atoms with Gasteiger partial charge in [-0.2, -0.15) is 0 Å². The van der Waals surface area contributed by atoms with E-state index in [1.165, 1.54) is 0 Å². The molecule has 0 spiro atoms. The summed E-state index contributed by atoms with van der Waals surface area (Å²) < 4.78 is 30.6. The number of nitrogens with one attached hydrogen (secondary N) is 1. The summed E-state index contributed by atoms with van der Waals surface area (Å²) in [7, 11) is -1.71. The van der Waals surface area contributed by atoms with Gasteiger partial charge in [-0.15, -0.1) is 0 Å². The van der Waals surface area contributed by atoms with E-state index < -0.39 is 15.6 Å². The molecule has 1 fully saturated rings. The van der Waals surface area contributed by atoms with Gasteiger partial charge in [0.25, 0.3) is 0 Å². The lowest BCUT2D eigenvalue weighted by Gasteiger charge is -2.29. The Morgan fingerprint density at radius 1 is 1.50 bits per heavy atom. The van der Waals surface area contributed by atoms with Gasteiger partial charge in [0.2, 0.25) is 15.9 Å². The normalized spacial score (nSPS) is 24.5. The molecule has 0 aromatic heterocycles. The highest BCUT2D eigenvalue weighted by atomic mass is 32.2. The highest BCUT2D eigenvalue weighted by molar-refractivity contribution is 7.88. The molecule has 0 saturated carbocycles. The summed E-state index contributed by atoms with van der Waals surface area (Å²) in [5, 5.41) is 0. The Kier molecular flexibility index (Phi) is 5.12. The van der Waals surface area contributed by atoms with Crippen LogP contribution in [0.5, 0.6) is 0 Å². The topological polar surface area (TPSA) is 75.7 Å². The van der Waals surface area contributed by atoms with Gasteiger partial charge in [0.1, 0.15) is 0 Å². The van der Waals surface area contributed by atoms with Crippen LogP contribution in [0.25, 0.3) is 0 Å². The zero-order chi connectivity index (χ0) is 13.8. The minimum Gasteiger partial charge on any atom is -0.385 e.